The lowest BCUT2D eigenvalue weighted by Crippen LogP contribution is -2.52. The number of nitrogens with zero attached hydrogens (tertiary/aromatic N) is 5. The van der Waals surface area contributed by atoms with Crippen LogP contribution in [0.3, 0.4) is 0 Å². The Morgan fingerprint density at radius 1 is 1.14 bits per heavy atom. The molecular weight excluding hydrogens is 479 g/mol. The molecule has 1 aromatic carbocycles. The van der Waals surface area contributed by atoms with Crippen LogP contribution in [-0.2, 0) is 13.1 Å². The minimum Gasteiger partial charge on any atom is -0.364 e. The number of guanidine groups is 1. The van der Waals surface area contributed by atoms with Crippen LogP contribution in [0.5, 0.6) is 0 Å². The van der Waals surface area contributed by atoms with Crippen LogP contribution in [0.25, 0.3) is 0 Å². The van der Waals surface area contributed by atoms with Gasteiger partial charge >= 0.3 is 0 Å². The van der Waals surface area contributed by atoms with Crippen LogP contribution in [-0.4, -0.2) is 67.2 Å². The molecule has 2 aliphatic heterocycles. The molecule has 2 aliphatic rings. The van der Waals surface area contributed by atoms with Gasteiger partial charge in [0.05, 0.1) is 5.69 Å². The normalized spacial score (nSPS) is 17.5. The summed E-state index contributed by atoms with van der Waals surface area (Å²) >= 11 is 0. The Balaban J connectivity index is 0.00000240. The largest absolute Gasteiger partial charge is 0.364 e. The molecular formula is C21H29IN6O. The molecule has 0 unspecified atom stereocenters. The van der Waals surface area contributed by atoms with Crippen LogP contribution in [0.1, 0.15) is 11.3 Å². The van der Waals surface area contributed by atoms with E-state index in [0.717, 1.165) is 64.0 Å². The lowest BCUT2D eigenvalue weighted by atomic mass is 10.2. The first kappa shape index (κ1) is 21.6. The molecule has 4 rings (SSSR count). The van der Waals surface area contributed by atoms with Gasteiger partial charge in [-0.15, -0.1) is 24.0 Å². The van der Waals surface area contributed by atoms with Crippen molar-refractivity contribution in [2.45, 2.75) is 13.1 Å². The summed E-state index contributed by atoms with van der Waals surface area (Å²) < 4.78 is 4.92. The molecule has 0 bridgehead atoms. The molecule has 2 aromatic rings. The van der Waals surface area contributed by atoms with Crippen molar-refractivity contribution in [3.05, 3.63) is 60.0 Å². The Kier molecular flexibility index (Phi) is 7.93. The third-order valence-electron chi connectivity index (χ3n) is 5.31. The summed E-state index contributed by atoms with van der Waals surface area (Å²) in [5.74, 6) is 0.967. The maximum atomic E-state index is 4.92. The lowest BCUT2D eigenvalue weighted by molar-refractivity contribution is 0.169. The molecule has 29 heavy (non-hydrogen) atoms. The fourth-order valence-corrected chi connectivity index (χ4v) is 3.73. The third-order valence-corrected chi connectivity index (χ3v) is 5.31. The van der Waals surface area contributed by atoms with Gasteiger partial charge in [0.25, 0.3) is 0 Å². The molecule has 1 aromatic heterocycles. The lowest BCUT2D eigenvalue weighted by Gasteiger charge is -2.36. The molecule has 1 fully saturated rings. The Bertz CT molecular complexity index is 806. The quantitative estimate of drug-likeness (QED) is 0.290. The van der Waals surface area contributed by atoms with E-state index in [-0.39, 0.29) is 24.0 Å². The number of hydrogen-bond acceptors (Lipinski definition) is 5. The van der Waals surface area contributed by atoms with Gasteiger partial charge in [0.2, 0.25) is 0 Å². The number of aromatic nitrogens is 1. The number of nitrogens with one attached hydrogen (secondary N) is 1. The molecule has 3 heterocycles. The summed E-state index contributed by atoms with van der Waals surface area (Å²) in [6, 6.07) is 10.7. The zero-order valence-corrected chi connectivity index (χ0v) is 19.2. The van der Waals surface area contributed by atoms with Gasteiger partial charge in [-0.25, -0.2) is 0 Å². The minimum absolute atomic E-state index is 0. The first-order valence-electron chi connectivity index (χ1n) is 9.88. The molecule has 8 heteroatoms. The third kappa shape index (κ3) is 5.72. The predicted molar refractivity (Wildman–Crippen MR) is 127 cm³/mol. The van der Waals surface area contributed by atoms with E-state index in [1.54, 1.807) is 6.26 Å². The van der Waals surface area contributed by atoms with Gasteiger partial charge in [0, 0.05) is 71.2 Å². The summed E-state index contributed by atoms with van der Waals surface area (Å²) in [6.07, 6.45) is 6.07. The smallest absolute Gasteiger partial charge is 0.194 e. The molecule has 1 N–H and O–H groups in total. The monoisotopic (exact) mass is 508 g/mol. The average Bonchev–Trinajstić information content (AvgIpc) is 3.44. The van der Waals surface area contributed by atoms with Gasteiger partial charge in [-0.05, 0) is 17.7 Å². The van der Waals surface area contributed by atoms with E-state index in [0.29, 0.717) is 0 Å². The van der Waals surface area contributed by atoms with Crippen molar-refractivity contribution in [2.24, 2.45) is 4.99 Å². The van der Waals surface area contributed by atoms with Crippen molar-refractivity contribution in [1.29, 1.82) is 0 Å². The van der Waals surface area contributed by atoms with E-state index >= 15 is 0 Å². The van der Waals surface area contributed by atoms with Gasteiger partial charge < -0.3 is 19.6 Å². The molecule has 1 saturated heterocycles. The highest BCUT2D eigenvalue weighted by Gasteiger charge is 2.20. The fraction of sp³-hybridized carbons (Fsp3) is 0.429. The van der Waals surface area contributed by atoms with Crippen molar-refractivity contribution < 1.29 is 4.52 Å². The van der Waals surface area contributed by atoms with Crippen LogP contribution >= 0.6 is 24.0 Å². The second-order valence-electron chi connectivity index (χ2n) is 7.20. The van der Waals surface area contributed by atoms with Gasteiger partial charge in [-0.2, -0.15) is 0 Å². The maximum Gasteiger partial charge on any atom is 0.194 e. The van der Waals surface area contributed by atoms with Crippen molar-refractivity contribution in [3.8, 4) is 0 Å². The summed E-state index contributed by atoms with van der Waals surface area (Å²) in [7, 11) is 1.86. The number of benzene rings is 1. The Morgan fingerprint density at radius 2 is 1.93 bits per heavy atom. The number of halogens is 1. The van der Waals surface area contributed by atoms with Gasteiger partial charge in [0.1, 0.15) is 6.26 Å². The van der Waals surface area contributed by atoms with Crippen LogP contribution < -0.4 is 10.2 Å². The molecule has 156 valence electrons. The zero-order chi connectivity index (χ0) is 19.2. The van der Waals surface area contributed by atoms with E-state index in [1.807, 2.05) is 13.1 Å². The fourth-order valence-electron chi connectivity index (χ4n) is 3.73. The van der Waals surface area contributed by atoms with Crippen molar-refractivity contribution in [1.82, 2.24) is 20.3 Å². The zero-order valence-electron chi connectivity index (χ0n) is 16.8. The highest BCUT2D eigenvalue weighted by atomic mass is 127. The SMILES string of the molecule is CN=C(NCc1cccc(N2CC=CC2)c1)N1CCN(Cc2ccon2)CC1.I. The van der Waals surface area contributed by atoms with E-state index in [1.165, 1.54) is 11.3 Å². The maximum absolute atomic E-state index is 4.92. The number of aliphatic imine (C=N–C) groups is 1. The molecule has 0 aliphatic carbocycles. The number of anilines is 1. The van der Waals surface area contributed by atoms with Crippen molar-refractivity contribution in [2.75, 3.05) is 51.2 Å². The van der Waals surface area contributed by atoms with Crippen LogP contribution in [0, 0.1) is 0 Å². The average molecular weight is 508 g/mol. The second kappa shape index (κ2) is 10.6. The Hall–Kier alpha value is -2.07. The van der Waals surface area contributed by atoms with Gasteiger partial charge in [-0.3, -0.25) is 9.89 Å². The highest BCUT2D eigenvalue weighted by molar-refractivity contribution is 14.0. The van der Waals surface area contributed by atoms with E-state index in [4.69, 9.17) is 4.52 Å². The first-order chi connectivity index (χ1) is 13.8. The summed E-state index contributed by atoms with van der Waals surface area (Å²) in [5.41, 5.74) is 3.54. The number of piperazine rings is 1. The molecule has 0 atom stereocenters. The summed E-state index contributed by atoms with van der Waals surface area (Å²) in [4.78, 5) is 11.6. The molecule has 7 nitrogen and oxygen atoms in total. The molecule has 0 radical (unpaired) electrons. The van der Waals surface area contributed by atoms with E-state index < -0.39 is 0 Å². The van der Waals surface area contributed by atoms with Crippen LogP contribution in [0.2, 0.25) is 0 Å². The molecule has 0 spiro atoms. The number of rotatable bonds is 5. The van der Waals surface area contributed by atoms with Crippen LogP contribution in [0.15, 0.2) is 58.3 Å². The second-order valence-corrected chi connectivity index (χ2v) is 7.20. The van der Waals surface area contributed by atoms with E-state index in [9.17, 15) is 0 Å². The first-order valence-corrected chi connectivity index (χ1v) is 9.88. The summed E-state index contributed by atoms with van der Waals surface area (Å²) in [5, 5.41) is 7.54. The van der Waals surface area contributed by atoms with Gasteiger partial charge in [-0.1, -0.05) is 29.4 Å². The van der Waals surface area contributed by atoms with E-state index in [2.05, 4.69) is 66.6 Å². The molecule has 0 saturated carbocycles. The summed E-state index contributed by atoms with van der Waals surface area (Å²) in [6.45, 7) is 7.51. The Labute approximate surface area is 189 Å². The van der Waals surface area contributed by atoms with Crippen LogP contribution in [0.4, 0.5) is 5.69 Å². The minimum atomic E-state index is 0. The topological polar surface area (TPSA) is 60.1 Å². The van der Waals surface area contributed by atoms with Crippen molar-refractivity contribution >= 4 is 35.6 Å². The molecule has 0 amide bonds. The standard InChI is InChI=1S/C21H28N6O.HI/c1-22-21(27-12-10-25(11-13-27)17-19-7-14-28-24-19)23-16-18-5-4-6-20(15-18)26-8-2-3-9-26;/h2-7,14-15H,8-13,16-17H2,1H3,(H,22,23);1H. The predicted octanol–water partition coefficient (Wildman–Crippen LogP) is 2.56. The Morgan fingerprint density at radius 3 is 2.62 bits per heavy atom. The van der Waals surface area contributed by atoms with Crippen molar-refractivity contribution in [3.63, 3.8) is 0 Å². The van der Waals surface area contributed by atoms with Gasteiger partial charge in [0.15, 0.2) is 5.96 Å². The number of hydrogen-bond donors (Lipinski definition) is 1. The highest BCUT2D eigenvalue weighted by Crippen LogP contribution is 2.18.